The second kappa shape index (κ2) is 5.30. The van der Waals surface area contributed by atoms with Gasteiger partial charge < -0.3 is 10.3 Å². The maximum atomic E-state index is 12.9. The van der Waals surface area contributed by atoms with Crippen molar-refractivity contribution in [3.63, 3.8) is 0 Å². The Morgan fingerprint density at radius 1 is 1.50 bits per heavy atom. The van der Waals surface area contributed by atoms with Gasteiger partial charge in [-0.3, -0.25) is 4.21 Å². The molecule has 4 nitrogen and oxygen atoms in total. The zero-order valence-electron chi connectivity index (χ0n) is 9.97. The molecule has 0 spiro atoms. The maximum absolute atomic E-state index is 12.9. The summed E-state index contributed by atoms with van der Waals surface area (Å²) >= 11 is 0. The van der Waals surface area contributed by atoms with E-state index in [0.29, 0.717) is 17.2 Å². The number of rotatable bonds is 4. The second-order valence-electron chi connectivity index (χ2n) is 3.90. The number of nitrogens with zero attached hydrogens (tertiary/aromatic N) is 2. The van der Waals surface area contributed by atoms with Gasteiger partial charge in [-0.15, -0.1) is 0 Å². The first-order valence-electron chi connectivity index (χ1n) is 5.49. The van der Waals surface area contributed by atoms with Crippen LogP contribution in [0.3, 0.4) is 0 Å². The van der Waals surface area contributed by atoms with Crippen molar-refractivity contribution >= 4 is 16.5 Å². The van der Waals surface area contributed by atoms with Gasteiger partial charge in [0.1, 0.15) is 11.6 Å². The Morgan fingerprint density at radius 2 is 2.28 bits per heavy atom. The van der Waals surface area contributed by atoms with Crippen molar-refractivity contribution in [2.75, 3.05) is 11.5 Å². The molecule has 96 valence electrons. The van der Waals surface area contributed by atoms with Gasteiger partial charge >= 0.3 is 0 Å². The van der Waals surface area contributed by atoms with Crippen LogP contribution in [0.25, 0.3) is 0 Å². The number of aryl methyl sites for hydroxylation is 2. The number of hydrogen-bond acceptors (Lipinski definition) is 3. The predicted octanol–water partition coefficient (Wildman–Crippen LogP) is 1.72. The van der Waals surface area contributed by atoms with Crippen LogP contribution in [-0.2, 0) is 17.3 Å². The average molecular weight is 267 g/mol. The van der Waals surface area contributed by atoms with Gasteiger partial charge in [-0.2, -0.15) is 0 Å². The van der Waals surface area contributed by atoms with Crippen LogP contribution >= 0.6 is 0 Å². The van der Waals surface area contributed by atoms with Crippen LogP contribution in [0.4, 0.5) is 10.1 Å². The summed E-state index contributed by atoms with van der Waals surface area (Å²) in [5.41, 5.74) is 5.88. The van der Waals surface area contributed by atoms with E-state index in [9.17, 15) is 8.60 Å². The Morgan fingerprint density at radius 3 is 2.89 bits per heavy atom. The molecule has 18 heavy (non-hydrogen) atoms. The lowest BCUT2D eigenvalue weighted by Gasteiger charge is -2.07. The van der Waals surface area contributed by atoms with Gasteiger partial charge in [0, 0.05) is 24.7 Å². The van der Waals surface area contributed by atoms with Crippen molar-refractivity contribution in [1.82, 2.24) is 9.55 Å². The van der Waals surface area contributed by atoms with E-state index in [1.54, 1.807) is 6.20 Å². The molecule has 1 heterocycles. The second-order valence-corrected chi connectivity index (χ2v) is 5.44. The standard InChI is InChI=1S/C12H14FN3OS/c1-9-15-4-5-16(9)6-7-18(17)12-3-2-10(13)8-11(12)14/h2-5,8H,6-7,14H2,1H3. The molecular weight excluding hydrogens is 253 g/mol. The van der Waals surface area contributed by atoms with Crippen molar-refractivity contribution in [1.29, 1.82) is 0 Å². The van der Waals surface area contributed by atoms with Crippen molar-refractivity contribution in [2.24, 2.45) is 0 Å². The Hall–Kier alpha value is -1.69. The molecule has 2 aromatic rings. The number of imidazole rings is 1. The van der Waals surface area contributed by atoms with Crippen LogP contribution in [0.1, 0.15) is 5.82 Å². The van der Waals surface area contributed by atoms with Crippen molar-refractivity contribution in [3.05, 3.63) is 42.2 Å². The van der Waals surface area contributed by atoms with Gasteiger partial charge in [0.15, 0.2) is 0 Å². The topological polar surface area (TPSA) is 60.9 Å². The first kappa shape index (κ1) is 12.8. The smallest absolute Gasteiger partial charge is 0.125 e. The van der Waals surface area contributed by atoms with Crippen LogP contribution in [0, 0.1) is 12.7 Å². The third-order valence-corrected chi connectivity index (χ3v) is 4.07. The van der Waals surface area contributed by atoms with E-state index in [1.165, 1.54) is 18.2 Å². The molecule has 1 aromatic heterocycles. The Bertz CT molecular complexity index is 582. The summed E-state index contributed by atoms with van der Waals surface area (Å²) in [6.45, 7) is 2.48. The van der Waals surface area contributed by atoms with Gasteiger partial charge in [-0.25, -0.2) is 9.37 Å². The summed E-state index contributed by atoms with van der Waals surface area (Å²) in [5.74, 6) is 0.880. The normalized spacial score (nSPS) is 12.6. The molecule has 0 saturated carbocycles. The van der Waals surface area contributed by atoms with E-state index in [0.717, 1.165) is 5.82 Å². The largest absolute Gasteiger partial charge is 0.398 e. The number of nitrogens with two attached hydrogens (primary N) is 1. The monoisotopic (exact) mass is 267 g/mol. The minimum absolute atomic E-state index is 0.232. The lowest BCUT2D eigenvalue weighted by molar-refractivity contribution is 0.627. The highest BCUT2D eigenvalue weighted by molar-refractivity contribution is 7.85. The molecule has 2 N–H and O–H groups in total. The zero-order chi connectivity index (χ0) is 13.1. The summed E-state index contributed by atoms with van der Waals surface area (Å²) < 4.78 is 26.9. The molecule has 0 aliphatic heterocycles. The van der Waals surface area contributed by atoms with Crippen LogP contribution in [0.2, 0.25) is 0 Å². The number of nitrogen functional groups attached to an aromatic ring is 1. The maximum Gasteiger partial charge on any atom is 0.125 e. The molecule has 1 atom stereocenters. The fraction of sp³-hybridized carbons (Fsp3) is 0.250. The van der Waals surface area contributed by atoms with Crippen LogP contribution in [-0.4, -0.2) is 19.5 Å². The molecule has 1 unspecified atom stereocenters. The third-order valence-electron chi connectivity index (χ3n) is 2.66. The van der Waals surface area contributed by atoms with E-state index in [2.05, 4.69) is 4.98 Å². The van der Waals surface area contributed by atoms with E-state index in [-0.39, 0.29) is 5.69 Å². The van der Waals surface area contributed by atoms with Crippen LogP contribution in [0.5, 0.6) is 0 Å². The van der Waals surface area contributed by atoms with Gasteiger partial charge in [0.05, 0.1) is 21.4 Å². The summed E-state index contributed by atoms with van der Waals surface area (Å²) in [6.07, 6.45) is 3.53. The molecule has 1 aromatic carbocycles. The molecule has 0 bridgehead atoms. The summed E-state index contributed by atoms with van der Waals surface area (Å²) in [7, 11) is -1.24. The molecule has 6 heteroatoms. The number of anilines is 1. The Kier molecular flexibility index (Phi) is 3.76. The van der Waals surface area contributed by atoms with Gasteiger partial charge in [-0.1, -0.05) is 0 Å². The number of aromatic nitrogens is 2. The highest BCUT2D eigenvalue weighted by atomic mass is 32.2. The first-order valence-corrected chi connectivity index (χ1v) is 6.81. The van der Waals surface area contributed by atoms with Crippen molar-refractivity contribution in [2.45, 2.75) is 18.4 Å². The molecule has 0 saturated heterocycles. The Labute approximate surface area is 107 Å². The lowest BCUT2D eigenvalue weighted by atomic mass is 10.3. The van der Waals surface area contributed by atoms with Crippen molar-refractivity contribution < 1.29 is 8.60 Å². The molecule has 0 fully saturated rings. The molecule has 0 aliphatic carbocycles. The number of halogens is 1. The zero-order valence-corrected chi connectivity index (χ0v) is 10.8. The van der Waals surface area contributed by atoms with E-state index in [4.69, 9.17) is 5.73 Å². The molecule has 0 aliphatic rings. The highest BCUT2D eigenvalue weighted by Crippen LogP contribution is 2.18. The fourth-order valence-electron chi connectivity index (χ4n) is 1.66. The van der Waals surface area contributed by atoms with Crippen LogP contribution in [0.15, 0.2) is 35.5 Å². The van der Waals surface area contributed by atoms with Gasteiger partial charge in [0.2, 0.25) is 0 Å². The summed E-state index contributed by atoms with van der Waals surface area (Å²) in [4.78, 5) is 4.57. The fourth-order valence-corrected chi connectivity index (χ4v) is 2.78. The molecule has 0 amide bonds. The Balaban J connectivity index is 2.06. The van der Waals surface area contributed by atoms with Crippen LogP contribution < -0.4 is 5.73 Å². The molecule has 2 rings (SSSR count). The highest BCUT2D eigenvalue weighted by Gasteiger charge is 2.09. The van der Waals surface area contributed by atoms with Crippen molar-refractivity contribution in [3.8, 4) is 0 Å². The number of benzene rings is 1. The average Bonchev–Trinajstić information content (AvgIpc) is 2.72. The minimum Gasteiger partial charge on any atom is -0.398 e. The first-order chi connectivity index (χ1) is 8.58. The van der Waals surface area contributed by atoms with E-state index >= 15 is 0 Å². The van der Waals surface area contributed by atoms with Gasteiger partial charge in [-0.05, 0) is 25.1 Å². The van der Waals surface area contributed by atoms with E-state index < -0.39 is 16.6 Å². The number of hydrogen-bond donors (Lipinski definition) is 1. The summed E-state index contributed by atoms with van der Waals surface area (Å²) in [5, 5.41) is 0. The molecular formula is C12H14FN3OS. The van der Waals surface area contributed by atoms with E-state index in [1.807, 2.05) is 17.7 Å². The SMILES string of the molecule is Cc1nccn1CCS(=O)c1ccc(F)cc1N. The quantitative estimate of drug-likeness (QED) is 0.858. The third kappa shape index (κ3) is 2.76. The minimum atomic E-state index is -1.24. The predicted molar refractivity (Wildman–Crippen MR) is 69.1 cm³/mol. The van der Waals surface area contributed by atoms with Gasteiger partial charge in [0.25, 0.3) is 0 Å². The lowest BCUT2D eigenvalue weighted by Crippen LogP contribution is -2.10. The summed E-state index contributed by atoms with van der Waals surface area (Å²) in [6, 6.07) is 3.93. The molecule has 0 radical (unpaired) electrons.